The lowest BCUT2D eigenvalue weighted by Gasteiger charge is -2.06. The zero-order valence-electron chi connectivity index (χ0n) is 9.88. The number of anilines is 1. The highest BCUT2D eigenvalue weighted by Crippen LogP contribution is 2.25. The van der Waals surface area contributed by atoms with Crippen molar-refractivity contribution in [2.75, 3.05) is 5.32 Å². The van der Waals surface area contributed by atoms with E-state index in [2.05, 4.69) is 15.3 Å². The topological polar surface area (TPSA) is 95.3 Å². The van der Waals surface area contributed by atoms with E-state index in [-0.39, 0.29) is 28.2 Å². The van der Waals surface area contributed by atoms with Crippen LogP contribution in [0.25, 0.3) is 0 Å². The van der Waals surface area contributed by atoms with Crippen molar-refractivity contribution in [2.45, 2.75) is 6.92 Å². The monoisotopic (exact) mass is 279 g/mol. The largest absolute Gasteiger partial charge is 0.504 e. The fourth-order valence-corrected chi connectivity index (χ4v) is 1.66. The average molecular weight is 280 g/mol. The Kier molecular flexibility index (Phi) is 3.52. The fourth-order valence-electron chi connectivity index (χ4n) is 1.42. The van der Waals surface area contributed by atoms with Crippen molar-refractivity contribution < 1.29 is 15.0 Å². The summed E-state index contributed by atoms with van der Waals surface area (Å²) in [6.07, 6.45) is 0. The van der Waals surface area contributed by atoms with Gasteiger partial charge in [0.1, 0.15) is 5.15 Å². The molecule has 1 heterocycles. The van der Waals surface area contributed by atoms with Gasteiger partial charge in [-0.3, -0.25) is 10.1 Å². The third-order valence-electron chi connectivity index (χ3n) is 2.29. The van der Waals surface area contributed by atoms with E-state index in [4.69, 9.17) is 16.7 Å². The molecule has 2 rings (SSSR count). The van der Waals surface area contributed by atoms with Gasteiger partial charge in [-0.1, -0.05) is 11.6 Å². The molecule has 0 fully saturated rings. The fraction of sp³-hybridized carbons (Fsp3) is 0.0833. The molecule has 0 aliphatic heterocycles. The maximum atomic E-state index is 11.9. The number of carbonyl (C=O) groups is 1. The zero-order chi connectivity index (χ0) is 14.0. The van der Waals surface area contributed by atoms with E-state index in [1.807, 2.05) is 0 Å². The number of nitrogens with zero attached hydrogens (tertiary/aromatic N) is 2. The summed E-state index contributed by atoms with van der Waals surface area (Å²) >= 11 is 5.75. The number of phenols is 2. The summed E-state index contributed by atoms with van der Waals surface area (Å²) in [5.74, 6) is -1.12. The van der Waals surface area contributed by atoms with Gasteiger partial charge in [-0.25, -0.2) is 9.97 Å². The van der Waals surface area contributed by atoms with Crippen molar-refractivity contribution in [1.29, 1.82) is 0 Å². The van der Waals surface area contributed by atoms with Crippen LogP contribution < -0.4 is 5.32 Å². The molecule has 1 amide bonds. The van der Waals surface area contributed by atoms with Gasteiger partial charge in [-0.2, -0.15) is 0 Å². The van der Waals surface area contributed by atoms with Crippen LogP contribution in [0.2, 0.25) is 5.15 Å². The molecule has 7 heteroatoms. The number of amides is 1. The molecule has 3 N–H and O–H groups in total. The molecule has 98 valence electrons. The number of hydrogen-bond acceptors (Lipinski definition) is 5. The number of hydrogen-bond donors (Lipinski definition) is 3. The predicted molar refractivity (Wildman–Crippen MR) is 69.5 cm³/mol. The quantitative estimate of drug-likeness (QED) is 0.578. The first-order valence-corrected chi connectivity index (χ1v) is 5.68. The van der Waals surface area contributed by atoms with Crippen LogP contribution in [0.5, 0.6) is 11.5 Å². The van der Waals surface area contributed by atoms with Gasteiger partial charge in [0.25, 0.3) is 5.91 Å². The SMILES string of the molecule is Cc1cc(Cl)nc(NC(=O)c2ccc(O)c(O)c2)n1. The number of aromatic hydroxyl groups is 2. The second-order valence-electron chi connectivity index (χ2n) is 3.81. The van der Waals surface area contributed by atoms with E-state index in [0.29, 0.717) is 5.69 Å². The van der Waals surface area contributed by atoms with Gasteiger partial charge in [0.2, 0.25) is 5.95 Å². The van der Waals surface area contributed by atoms with Crippen LogP contribution >= 0.6 is 11.6 Å². The molecule has 0 spiro atoms. The number of aromatic nitrogens is 2. The molecule has 0 aliphatic rings. The second kappa shape index (κ2) is 5.11. The van der Waals surface area contributed by atoms with Crippen molar-refractivity contribution in [3.63, 3.8) is 0 Å². The maximum Gasteiger partial charge on any atom is 0.258 e. The Hall–Kier alpha value is -2.34. The Labute approximate surface area is 113 Å². The van der Waals surface area contributed by atoms with Crippen LogP contribution in [0, 0.1) is 6.92 Å². The van der Waals surface area contributed by atoms with Crippen molar-refractivity contribution in [3.05, 3.63) is 40.7 Å². The van der Waals surface area contributed by atoms with Gasteiger partial charge >= 0.3 is 0 Å². The first-order chi connectivity index (χ1) is 8.95. The summed E-state index contributed by atoms with van der Waals surface area (Å²) < 4.78 is 0. The normalized spacial score (nSPS) is 10.2. The van der Waals surface area contributed by atoms with Gasteiger partial charge in [0.05, 0.1) is 0 Å². The zero-order valence-corrected chi connectivity index (χ0v) is 10.6. The minimum atomic E-state index is -0.517. The summed E-state index contributed by atoms with van der Waals surface area (Å²) in [4.78, 5) is 19.7. The highest BCUT2D eigenvalue weighted by atomic mass is 35.5. The van der Waals surface area contributed by atoms with Crippen molar-refractivity contribution >= 4 is 23.5 Å². The van der Waals surface area contributed by atoms with E-state index in [9.17, 15) is 9.90 Å². The number of carbonyl (C=O) groups excluding carboxylic acids is 1. The molecule has 1 aromatic carbocycles. The third kappa shape index (κ3) is 3.11. The lowest BCUT2D eigenvalue weighted by molar-refractivity contribution is 0.102. The molecule has 6 nitrogen and oxygen atoms in total. The smallest absolute Gasteiger partial charge is 0.258 e. The Morgan fingerprint density at radius 1 is 1.21 bits per heavy atom. The number of rotatable bonds is 2. The number of halogens is 1. The van der Waals surface area contributed by atoms with Gasteiger partial charge in [-0.15, -0.1) is 0 Å². The molecular formula is C12H10ClN3O3. The Balaban J connectivity index is 2.22. The molecule has 0 saturated carbocycles. The highest BCUT2D eigenvalue weighted by molar-refractivity contribution is 6.29. The number of benzene rings is 1. The lowest BCUT2D eigenvalue weighted by atomic mass is 10.2. The minimum absolute atomic E-state index is 0.0718. The number of nitrogens with one attached hydrogen (secondary N) is 1. The second-order valence-corrected chi connectivity index (χ2v) is 4.20. The molecule has 1 aromatic heterocycles. The molecule has 0 unspecified atom stereocenters. The van der Waals surface area contributed by atoms with E-state index >= 15 is 0 Å². The Bertz CT molecular complexity index is 626. The Morgan fingerprint density at radius 2 is 1.95 bits per heavy atom. The summed E-state index contributed by atoms with van der Waals surface area (Å²) in [7, 11) is 0. The van der Waals surface area contributed by atoms with E-state index in [1.165, 1.54) is 12.1 Å². The van der Waals surface area contributed by atoms with E-state index in [1.54, 1.807) is 13.0 Å². The molecular weight excluding hydrogens is 270 g/mol. The molecule has 0 aliphatic carbocycles. The van der Waals surface area contributed by atoms with Crippen LogP contribution in [0.4, 0.5) is 5.95 Å². The van der Waals surface area contributed by atoms with Crippen LogP contribution in [-0.2, 0) is 0 Å². The lowest BCUT2D eigenvalue weighted by Crippen LogP contribution is -2.14. The number of aryl methyl sites for hydroxylation is 1. The van der Waals surface area contributed by atoms with E-state index < -0.39 is 5.91 Å². The van der Waals surface area contributed by atoms with Crippen LogP contribution in [0.15, 0.2) is 24.3 Å². The summed E-state index contributed by atoms with van der Waals surface area (Å²) in [5.41, 5.74) is 0.778. The van der Waals surface area contributed by atoms with Crippen LogP contribution in [0.3, 0.4) is 0 Å². The van der Waals surface area contributed by atoms with Gasteiger partial charge in [0, 0.05) is 11.3 Å². The number of phenolic OH excluding ortho intramolecular Hbond substituents is 2. The van der Waals surface area contributed by atoms with Crippen LogP contribution in [0.1, 0.15) is 16.1 Å². The van der Waals surface area contributed by atoms with Crippen molar-refractivity contribution in [3.8, 4) is 11.5 Å². The summed E-state index contributed by atoms with van der Waals surface area (Å²) in [6.45, 7) is 1.72. The molecule has 2 aromatic rings. The minimum Gasteiger partial charge on any atom is -0.504 e. The standard InChI is InChI=1S/C12H10ClN3O3/c1-6-4-10(13)15-12(14-6)16-11(19)7-2-3-8(17)9(18)5-7/h2-5,17-18H,1H3,(H,14,15,16,19). The van der Waals surface area contributed by atoms with E-state index in [0.717, 1.165) is 6.07 Å². The van der Waals surface area contributed by atoms with Gasteiger partial charge in [0.15, 0.2) is 11.5 Å². The van der Waals surface area contributed by atoms with Crippen LogP contribution in [-0.4, -0.2) is 26.1 Å². The molecule has 19 heavy (non-hydrogen) atoms. The maximum absolute atomic E-state index is 11.9. The highest BCUT2D eigenvalue weighted by Gasteiger charge is 2.11. The third-order valence-corrected chi connectivity index (χ3v) is 2.48. The summed E-state index contributed by atoms with van der Waals surface area (Å²) in [5, 5.41) is 21.2. The first-order valence-electron chi connectivity index (χ1n) is 5.30. The molecule has 0 bridgehead atoms. The predicted octanol–water partition coefficient (Wildman–Crippen LogP) is 2.10. The van der Waals surface area contributed by atoms with Gasteiger partial charge < -0.3 is 10.2 Å². The van der Waals surface area contributed by atoms with Gasteiger partial charge in [-0.05, 0) is 31.2 Å². The Morgan fingerprint density at radius 3 is 2.58 bits per heavy atom. The van der Waals surface area contributed by atoms with Crippen molar-refractivity contribution in [1.82, 2.24) is 9.97 Å². The average Bonchev–Trinajstić information content (AvgIpc) is 2.31. The molecule has 0 radical (unpaired) electrons. The van der Waals surface area contributed by atoms with Crippen molar-refractivity contribution in [2.24, 2.45) is 0 Å². The summed E-state index contributed by atoms with van der Waals surface area (Å²) in [6, 6.07) is 5.28. The molecule has 0 saturated heterocycles. The first kappa shape index (κ1) is 13.1. The molecule has 0 atom stereocenters.